The van der Waals surface area contributed by atoms with Crippen molar-refractivity contribution in [3.8, 4) is 47.4 Å². The summed E-state index contributed by atoms with van der Waals surface area (Å²) in [5.41, 5.74) is 5.38. The second kappa shape index (κ2) is 13.6. The van der Waals surface area contributed by atoms with Gasteiger partial charge in [-0.3, -0.25) is 5.92 Å². The average Bonchev–Trinajstić information content (AvgIpc) is 3.43. The van der Waals surface area contributed by atoms with Crippen molar-refractivity contribution in [2.75, 3.05) is 0 Å². The van der Waals surface area contributed by atoms with E-state index >= 15 is 0 Å². The van der Waals surface area contributed by atoms with E-state index in [0.717, 1.165) is 26.4 Å². The number of rotatable bonds is 0. The van der Waals surface area contributed by atoms with Crippen molar-refractivity contribution in [2.45, 2.75) is 40.3 Å². The van der Waals surface area contributed by atoms with Crippen LogP contribution < -0.4 is 0 Å². The number of ether oxygens (including phenoxy) is 2. The van der Waals surface area contributed by atoms with Crippen LogP contribution >= 0.6 is 0 Å². The van der Waals surface area contributed by atoms with Crippen molar-refractivity contribution >= 4 is 0 Å². The Balaban J connectivity index is 0.000000156. The van der Waals surface area contributed by atoms with Crippen LogP contribution in [0.25, 0.3) is 0 Å². The molecule has 144 valence electrons. The van der Waals surface area contributed by atoms with Crippen LogP contribution in [0, 0.1) is 53.8 Å². The highest BCUT2D eigenvalue weighted by Crippen LogP contribution is 2.18. The number of hydrogen-bond acceptors (Lipinski definition) is 2. The summed E-state index contributed by atoms with van der Waals surface area (Å²) in [5, 5.41) is 0. The summed E-state index contributed by atoms with van der Waals surface area (Å²) < 4.78 is 10.4. The molecule has 0 N–H and O–H groups in total. The topological polar surface area (TPSA) is 18.5 Å². The van der Waals surface area contributed by atoms with Crippen molar-refractivity contribution in [1.29, 1.82) is 0 Å². The molecular formula is C27H23O2-. The van der Waals surface area contributed by atoms with Crippen molar-refractivity contribution in [3.63, 3.8) is 0 Å². The van der Waals surface area contributed by atoms with Gasteiger partial charge in [-0.25, -0.2) is 5.92 Å². The molecule has 29 heavy (non-hydrogen) atoms. The molecule has 4 rings (SSSR count). The third-order valence-electron chi connectivity index (χ3n) is 3.92. The lowest BCUT2D eigenvalue weighted by molar-refractivity contribution is 0.134. The van der Waals surface area contributed by atoms with Gasteiger partial charge < -0.3 is 9.47 Å². The Kier molecular flexibility index (Phi) is 10.2. The van der Waals surface area contributed by atoms with Gasteiger partial charge in [0.15, 0.2) is 0 Å². The van der Waals surface area contributed by atoms with E-state index in [-0.39, 0.29) is 0 Å². The Bertz CT molecular complexity index is 939. The Morgan fingerprint density at radius 2 is 1.00 bits per heavy atom. The molecule has 2 aliphatic rings. The van der Waals surface area contributed by atoms with Crippen LogP contribution in [0.15, 0.2) is 48.5 Å². The smallest absolute Gasteiger partial charge is 0.0724 e. The molecule has 0 spiro atoms. The molecule has 0 aliphatic carbocycles. The van der Waals surface area contributed by atoms with E-state index in [1.54, 1.807) is 13.3 Å². The first-order chi connectivity index (χ1) is 14.3. The summed E-state index contributed by atoms with van der Waals surface area (Å²) in [6, 6.07) is 16.7. The molecule has 2 nitrogen and oxygen atoms in total. The van der Waals surface area contributed by atoms with Crippen molar-refractivity contribution in [1.82, 2.24) is 0 Å². The van der Waals surface area contributed by atoms with Gasteiger partial charge in [0.05, 0.1) is 26.4 Å². The van der Waals surface area contributed by atoms with E-state index in [2.05, 4.69) is 71.6 Å². The molecule has 0 fully saturated rings. The fourth-order valence-electron chi connectivity index (χ4n) is 2.52. The highest BCUT2D eigenvalue weighted by atomic mass is 16.5. The van der Waals surface area contributed by atoms with E-state index in [9.17, 15) is 0 Å². The molecule has 0 atom stereocenters. The van der Waals surface area contributed by atoms with E-state index in [1.807, 2.05) is 31.2 Å². The lowest BCUT2D eigenvalue weighted by Gasteiger charge is -1.90. The lowest BCUT2D eigenvalue weighted by Crippen LogP contribution is -1.77. The van der Waals surface area contributed by atoms with Crippen LogP contribution in [-0.2, 0) is 35.9 Å². The molecule has 2 aliphatic heterocycles. The Morgan fingerprint density at radius 1 is 0.621 bits per heavy atom. The Labute approximate surface area is 174 Å². The van der Waals surface area contributed by atoms with Crippen LogP contribution in [0.4, 0.5) is 0 Å². The van der Waals surface area contributed by atoms with Crippen molar-refractivity contribution in [3.05, 3.63) is 77.2 Å². The van der Waals surface area contributed by atoms with Crippen molar-refractivity contribution < 1.29 is 9.47 Å². The summed E-state index contributed by atoms with van der Waals surface area (Å²) in [5.74, 6) is 20.7. The SMILES string of the molecule is CC#CC#CC#CC#C[CH-]C.c1ccc2c(c1)COC2.c1ccc2c(c1)COC2. The average molecular weight is 379 g/mol. The van der Waals surface area contributed by atoms with Gasteiger partial charge in [-0.1, -0.05) is 54.5 Å². The second-order valence-corrected chi connectivity index (χ2v) is 5.96. The largest absolute Gasteiger partial charge is 0.372 e. The minimum Gasteiger partial charge on any atom is -0.372 e. The van der Waals surface area contributed by atoms with Gasteiger partial charge in [-0.15, -0.1) is 12.8 Å². The second-order valence-electron chi connectivity index (χ2n) is 5.96. The summed E-state index contributed by atoms with van der Waals surface area (Å²) in [7, 11) is 0. The third-order valence-corrected chi connectivity index (χ3v) is 3.92. The maximum Gasteiger partial charge on any atom is 0.0724 e. The Hall–Kier alpha value is -3.53. The minimum absolute atomic E-state index is 0.802. The standard InChI is InChI=1S/C11H7.2C8H8O/c1-3-5-7-9-11-10-8-6-4-2;2*1-2-4-8-6-9-5-7(8)3-1/h3H,1-2H3;2*1-4H,5-6H2/q-1;;. The molecule has 0 unspecified atom stereocenters. The van der Waals surface area contributed by atoms with E-state index in [0.29, 0.717) is 0 Å². The molecule has 0 saturated carbocycles. The van der Waals surface area contributed by atoms with Crippen LogP contribution in [0.1, 0.15) is 36.1 Å². The fourth-order valence-corrected chi connectivity index (χ4v) is 2.52. The predicted molar refractivity (Wildman–Crippen MR) is 117 cm³/mol. The number of hydrogen-bond donors (Lipinski definition) is 0. The summed E-state index contributed by atoms with van der Waals surface area (Å²) in [6.07, 6.45) is 1.73. The molecule has 0 radical (unpaired) electrons. The quantitative estimate of drug-likeness (QED) is 0.489. The normalized spacial score (nSPS) is 11.2. The number of fused-ring (bicyclic) bond motifs is 2. The summed E-state index contributed by atoms with van der Waals surface area (Å²) in [4.78, 5) is 0. The molecule has 2 aromatic carbocycles. The zero-order valence-electron chi connectivity index (χ0n) is 16.8. The molecule has 0 saturated heterocycles. The summed E-state index contributed by atoms with van der Waals surface area (Å²) >= 11 is 0. The van der Waals surface area contributed by atoms with Gasteiger partial charge in [0.2, 0.25) is 0 Å². The first-order valence-electron chi connectivity index (χ1n) is 9.34. The molecular weight excluding hydrogens is 356 g/mol. The van der Waals surface area contributed by atoms with Gasteiger partial charge in [0.1, 0.15) is 0 Å². The summed E-state index contributed by atoms with van der Waals surface area (Å²) in [6.45, 7) is 6.79. The van der Waals surface area contributed by atoms with Crippen LogP contribution in [0.3, 0.4) is 0 Å². The monoisotopic (exact) mass is 379 g/mol. The first kappa shape index (κ1) is 21.8. The molecule has 0 aromatic heterocycles. The van der Waals surface area contributed by atoms with Gasteiger partial charge in [-0.05, 0) is 52.9 Å². The number of benzene rings is 2. The Morgan fingerprint density at radius 3 is 1.38 bits per heavy atom. The van der Waals surface area contributed by atoms with Gasteiger partial charge >= 0.3 is 0 Å². The maximum absolute atomic E-state index is 5.21. The van der Waals surface area contributed by atoms with E-state index in [4.69, 9.17) is 9.47 Å². The fraction of sp³-hybridized carbons (Fsp3) is 0.222. The van der Waals surface area contributed by atoms with Crippen LogP contribution in [0.2, 0.25) is 0 Å². The molecule has 0 bridgehead atoms. The van der Waals surface area contributed by atoms with Crippen LogP contribution in [0.5, 0.6) is 0 Å². The molecule has 2 heterocycles. The van der Waals surface area contributed by atoms with E-state index in [1.165, 1.54) is 22.3 Å². The van der Waals surface area contributed by atoms with E-state index < -0.39 is 0 Å². The molecule has 2 aromatic rings. The van der Waals surface area contributed by atoms with Crippen molar-refractivity contribution in [2.24, 2.45) is 0 Å². The minimum atomic E-state index is 0.802. The maximum atomic E-state index is 5.21. The highest BCUT2D eigenvalue weighted by molar-refractivity contribution is 5.40. The molecule has 0 amide bonds. The third kappa shape index (κ3) is 8.35. The highest BCUT2D eigenvalue weighted by Gasteiger charge is 2.08. The predicted octanol–water partition coefficient (Wildman–Crippen LogP) is 4.68. The lowest BCUT2D eigenvalue weighted by atomic mass is 10.1. The van der Waals surface area contributed by atoms with Crippen LogP contribution in [-0.4, -0.2) is 0 Å². The zero-order valence-corrected chi connectivity index (χ0v) is 16.8. The first-order valence-corrected chi connectivity index (χ1v) is 9.34. The van der Waals surface area contributed by atoms with Gasteiger partial charge in [0.25, 0.3) is 0 Å². The van der Waals surface area contributed by atoms with Gasteiger partial charge in [-0.2, -0.15) is 6.42 Å². The zero-order chi connectivity index (χ0) is 20.6. The van der Waals surface area contributed by atoms with Gasteiger partial charge in [0, 0.05) is 0 Å². The molecule has 2 heteroatoms.